The summed E-state index contributed by atoms with van der Waals surface area (Å²) in [5, 5.41) is 3.34. The molecule has 0 aromatic carbocycles. The molecule has 1 amide bonds. The average molecular weight is 341 g/mol. The first-order valence-corrected chi connectivity index (χ1v) is 8.18. The number of amides is 1. The molecule has 2 saturated heterocycles. The second-order valence-corrected chi connectivity index (χ2v) is 6.09. The molecular weight excluding hydrogens is 316 g/mol. The molecule has 2 fully saturated rings. The highest BCUT2D eigenvalue weighted by atomic mass is 35.5. The lowest BCUT2D eigenvalue weighted by Crippen LogP contribution is -2.37. The molecule has 1 aromatic heterocycles. The van der Waals surface area contributed by atoms with E-state index in [4.69, 9.17) is 4.74 Å². The number of nitrogens with zero attached hydrogens (tertiary/aromatic N) is 3. The van der Waals surface area contributed by atoms with Gasteiger partial charge in [0.05, 0.1) is 0 Å². The van der Waals surface area contributed by atoms with E-state index in [9.17, 15) is 4.79 Å². The predicted octanol–water partition coefficient (Wildman–Crippen LogP) is 1.76. The number of aromatic nitrogens is 2. The van der Waals surface area contributed by atoms with Gasteiger partial charge in [-0.15, -0.1) is 12.4 Å². The minimum absolute atomic E-state index is 0. The van der Waals surface area contributed by atoms with E-state index in [2.05, 4.69) is 15.3 Å². The maximum atomic E-state index is 11.4. The van der Waals surface area contributed by atoms with E-state index in [1.807, 2.05) is 4.90 Å². The van der Waals surface area contributed by atoms with Crippen LogP contribution in [-0.2, 0) is 4.79 Å². The first-order valence-electron chi connectivity index (χ1n) is 8.18. The largest absolute Gasteiger partial charge is 0.473 e. The smallest absolute Gasteiger partial charge is 0.236 e. The van der Waals surface area contributed by atoms with Crippen LogP contribution in [0.25, 0.3) is 0 Å². The standard InChI is InChI=1S/C16H24N4O2.ClH/c1-12(21)20-10-4-13(5-11-20)15-16(19-9-8-18-15)22-14-2-6-17-7-3-14;/h8-9,13-14,17H,2-7,10-11H2,1H3;1H. The van der Waals surface area contributed by atoms with E-state index in [1.54, 1.807) is 19.3 Å². The molecule has 0 radical (unpaired) electrons. The van der Waals surface area contributed by atoms with Gasteiger partial charge in [0.2, 0.25) is 11.8 Å². The van der Waals surface area contributed by atoms with Crippen LogP contribution in [0.3, 0.4) is 0 Å². The SMILES string of the molecule is CC(=O)N1CCC(c2nccnc2OC2CCNCC2)CC1.Cl. The van der Waals surface area contributed by atoms with E-state index < -0.39 is 0 Å². The number of nitrogens with one attached hydrogen (secondary N) is 1. The lowest BCUT2D eigenvalue weighted by atomic mass is 9.93. The molecule has 0 aliphatic carbocycles. The number of rotatable bonds is 3. The molecule has 7 heteroatoms. The highest BCUT2D eigenvalue weighted by molar-refractivity contribution is 5.85. The highest BCUT2D eigenvalue weighted by Gasteiger charge is 2.27. The average Bonchev–Trinajstić information content (AvgIpc) is 2.56. The van der Waals surface area contributed by atoms with E-state index in [-0.39, 0.29) is 24.4 Å². The zero-order valence-corrected chi connectivity index (χ0v) is 14.3. The van der Waals surface area contributed by atoms with Crippen LogP contribution < -0.4 is 10.1 Å². The fourth-order valence-electron chi connectivity index (χ4n) is 3.25. The van der Waals surface area contributed by atoms with Crippen LogP contribution in [0.2, 0.25) is 0 Å². The first-order chi connectivity index (χ1) is 10.7. The molecule has 0 saturated carbocycles. The minimum Gasteiger partial charge on any atom is -0.473 e. The fraction of sp³-hybridized carbons (Fsp3) is 0.688. The molecule has 0 bridgehead atoms. The summed E-state index contributed by atoms with van der Waals surface area (Å²) in [5.74, 6) is 1.18. The highest BCUT2D eigenvalue weighted by Crippen LogP contribution is 2.32. The van der Waals surface area contributed by atoms with Crippen LogP contribution in [-0.4, -0.2) is 53.1 Å². The van der Waals surface area contributed by atoms with Gasteiger partial charge in [0.15, 0.2) is 0 Å². The van der Waals surface area contributed by atoms with Gasteiger partial charge in [-0.25, -0.2) is 4.98 Å². The third-order valence-electron chi connectivity index (χ3n) is 4.58. The molecule has 2 aliphatic heterocycles. The van der Waals surface area contributed by atoms with Crippen LogP contribution >= 0.6 is 12.4 Å². The Kier molecular flexibility index (Phi) is 6.59. The lowest BCUT2D eigenvalue weighted by molar-refractivity contribution is -0.129. The summed E-state index contributed by atoms with van der Waals surface area (Å²) in [7, 11) is 0. The summed E-state index contributed by atoms with van der Waals surface area (Å²) >= 11 is 0. The quantitative estimate of drug-likeness (QED) is 0.908. The number of halogens is 1. The molecule has 128 valence electrons. The van der Waals surface area contributed by atoms with Crippen LogP contribution in [0.1, 0.15) is 44.2 Å². The summed E-state index contributed by atoms with van der Waals surface area (Å²) < 4.78 is 6.12. The number of likely N-dealkylation sites (tertiary alicyclic amines) is 1. The van der Waals surface area contributed by atoms with Crippen LogP contribution in [0.5, 0.6) is 5.88 Å². The van der Waals surface area contributed by atoms with Gasteiger partial charge in [-0.3, -0.25) is 9.78 Å². The third-order valence-corrected chi connectivity index (χ3v) is 4.58. The fourth-order valence-corrected chi connectivity index (χ4v) is 3.25. The molecule has 1 aromatic rings. The molecule has 0 atom stereocenters. The van der Waals surface area contributed by atoms with Gasteiger partial charge in [0, 0.05) is 38.3 Å². The summed E-state index contributed by atoms with van der Waals surface area (Å²) in [6.07, 6.45) is 7.56. The normalized spacial score (nSPS) is 20.0. The van der Waals surface area contributed by atoms with E-state index in [0.717, 1.165) is 57.6 Å². The Bertz CT molecular complexity index is 515. The van der Waals surface area contributed by atoms with Crippen molar-refractivity contribution >= 4 is 18.3 Å². The van der Waals surface area contributed by atoms with Gasteiger partial charge in [-0.2, -0.15) is 0 Å². The Balaban J connectivity index is 0.00000192. The number of carbonyl (C=O) groups excluding carboxylic acids is 1. The van der Waals surface area contributed by atoms with Crippen molar-refractivity contribution in [1.29, 1.82) is 0 Å². The van der Waals surface area contributed by atoms with Crippen molar-refractivity contribution in [3.05, 3.63) is 18.1 Å². The lowest BCUT2D eigenvalue weighted by Gasteiger charge is -2.32. The Labute approximate surface area is 143 Å². The molecule has 0 spiro atoms. The topological polar surface area (TPSA) is 67.4 Å². The van der Waals surface area contributed by atoms with Gasteiger partial charge in [0.25, 0.3) is 0 Å². The first kappa shape index (κ1) is 17.9. The van der Waals surface area contributed by atoms with Crippen molar-refractivity contribution in [2.45, 2.75) is 44.6 Å². The van der Waals surface area contributed by atoms with Gasteiger partial charge in [-0.1, -0.05) is 0 Å². The zero-order chi connectivity index (χ0) is 15.4. The van der Waals surface area contributed by atoms with Crippen molar-refractivity contribution in [2.24, 2.45) is 0 Å². The van der Waals surface area contributed by atoms with Crippen LogP contribution in [0.4, 0.5) is 0 Å². The summed E-state index contributed by atoms with van der Waals surface area (Å²) in [6, 6.07) is 0. The summed E-state index contributed by atoms with van der Waals surface area (Å²) in [4.78, 5) is 22.3. The Hall–Kier alpha value is -1.40. The maximum Gasteiger partial charge on any atom is 0.236 e. The van der Waals surface area contributed by atoms with Crippen LogP contribution in [0.15, 0.2) is 12.4 Å². The molecule has 3 heterocycles. The summed E-state index contributed by atoms with van der Waals surface area (Å²) in [6.45, 7) is 5.22. The van der Waals surface area contributed by atoms with Gasteiger partial charge in [0.1, 0.15) is 11.8 Å². The van der Waals surface area contributed by atoms with Crippen LogP contribution in [0, 0.1) is 0 Å². The van der Waals surface area contributed by atoms with E-state index >= 15 is 0 Å². The molecule has 6 nitrogen and oxygen atoms in total. The van der Waals surface area contributed by atoms with Crippen molar-refractivity contribution in [1.82, 2.24) is 20.2 Å². The van der Waals surface area contributed by atoms with Gasteiger partial charge in [-0.05, 0) is 38.8 Å². The number of hydrogen-bond acceptors (Lipinski definition) is 5. The molecule has 3 rings (SSSR count). The van der Waals surface area contributed by atoms with Gasteiger partial charge >= 0.3 is 0 Å². The molecular formula is C16H25ClN4O2. The Morgan fingerprint density at radius 1 is 1.17 bits per heavy atom. The van der Waals surface area contributed by atoms with E-state index in [1.165, 1.54) is 0 Å². The van der Waals surface area contributed by atoms with E-state index in [0.29, 0.717) is 11.8 Å². The molecule has 23 heavy (non-hydrogen) atoms. The maximum absolute atomic E-state index is 11.4. The summed E-state index contributed by atoms with van der Waals surface area (Å²) in [5.41, 5.74) is 0.962. The second kappa shape index (κ2) is 8.45. The van der Waals surface area contributed by atoms with Crippen molar-refractivity contribution < 1.29 is 9.53 Å². The Morgan fingerprint density at radius 2 is 1.83 bits per heavy atom. The zero-order valence-electron chi connectivity index (χ0n) is 13.5. The van der Waals surface area contributed by atoms with Crippen molar-refractivity contribution in [2.75, 3.05) is 26.2 Å². The predicted molar refractivity (Wildman–Crippen MR) is 90.0 cm³/mol. The molecule has 2 aliphatic rings. The minimum atomic E-state index is 0. The number of piperidine rings is 2. The Morgan fingerprint density at radius 3 is 2.48 bits per heavy atom. The molecule has 0 unspecified atom stereocenters. The molecule has 1 N–H and O–H groups in total. The third kappa shape index (κ3) is 4.54. The van der Waals surface area contributed by atoms with Crippen molar-refractivity contribution in [3.63, 3.8) is 0 Å². The second-order valence-electron chi connectivity index (χ2n) is 6.09. The number of carbonyl (C=O) groups is 1. The van der Waals surface area contributed by atoms with Gasteiger partial charge < -0.3 is 15.0 Å². The monoisotopic (exact) mass is 340 g/mol. The number of ether oxygens (including phenoxy) is 1. The van der Waals surface area contributed by atoms with Crippen molar-refractivity contribution in [3.8, 4) is 5.88 Å². The number of hydrogen-bond donors (Lipinski definition) is 1.